The Morgan fingerprint density at radius 1 is 1.20 bits per heavy atom. The zero-order valence-corrected chi connectivity index (χ0v) is 15.2. The maximum atomic E-state index is 14.3. The fraction of sp³-hybridized carbons (Fsp3) is 0.273. The molecule has 0 amide bonds. The molecule has 0 radical (unpaired) electrons. The Labute approximate surface area is 153 Å². The van der Waals surface area contributed by atoms with Gasteiger partial charge in [0.05, 0.1) is 11.6 Å². The Morgan fingerprint density at radius 3 is 2.52 bits per heavy atom. The molecule has 1 aliphatic carbocycles. The number of benzene rings is 2. The largest absolute Gasteiger partial charge is 0.491 e. The second-order valence-corrected chi connectivity index (χ2v) is 6.63. The van der Waals surface area contributed by atoms with E-state index in [1.807, 2.05) is 25.1 Å². The van der Waals surface area contributed by atoms with E-state index >= 15 is 0 Å². The van der Waals surface area contributed by atoms with Crippen LogP contribution < -0.4 is 4.74 Å². The molecule has 2 aromatic rings. The van der Waals surface area contributed by atoms with Crippen LogP contribution >= 0.6 is 11.6 Å². The van der Waals surface area contributed by atoms with Crippen molar-refractivity contribution in [1.82, 2.24) is 0 Å². The van der Waals surface area contributed by atoms with Crippen LogP contribution in [0.4, 0.5) is 4.39 Å². The van der Waals surface area contributed by atoms with Gasteiger partial charge in [-0.05, 0) is 60.9 Å². The molecule has 1 unspecified atom stereocenters. The summed E-state index contributed by atoms with van der Waals surface area (Å²) in [6, 6.07) is 11.6. The quantitative estimate of drug-likeness (QED) is 0.528. The Bertz CT molecular complexity index is 792. The minimum Gasteiger partial charge on any atom is -0.491 e. The van der Waals surface area contributed by atoms with E-state index in [2.05, 4.69) is 24.8 Å². The van der Waals surface area contributed by atoms with Crippen molar-refractivity contribution in [2.75, 3.05) is 6.61 Å². The van der Waals surface area contributed by atoms with E-state index in [1.54, 1.807) is 12.1 Å². The molecule has 1 aliphatic rings. The van der Waals surface area contributed by atoms with Crippen molar-refractivity contribution in [1.29, 1.82) is 0 Å². The van der Waals surface area contributed by atoms with E-state index in [-0.39, 0.29) is 10.8 Å². The lowest BCUT2D eigenvalue weighted by atomic mass is 9.86. The standard InChI is InChI=1S/C22H22ClFO/c1-3-15-5-7-16(8-6-15)17-9-11-18(12-10-17)19-13-14-20(25-4-2)22(24)21(19)23/h3,7,9-15H,1,4-6,8H2,2H3. The number of halogens is 2. The third kappa shape index (κ3) is 3.80. The number of rotatable bonds is 5. The zero-order valence-electron chi connectivity index (χ0n) is 14.4. The highest BCUT2D eigenvalue weighted by Gasteiger charge is 2.15. The van der Waals surface area contributed by atoms with Gasteiger partial charge in [0.1, 0.15) is 0 Å². The lowest BCUT2D eigenvalue weighted by molar-refractivity contribution is 0.322. The molecule has 0 aliphatic heterocycles. The van der Waals surface area contributed by atoms with E-state index in [1.165, 1.54) is 11.1 Å². The maximum absolute atomic E-state index is 14.3. The smallest absolute Gasteiger partial charge is 0.184 e. The van der Waals surface area contributed by atoms with Crippen molar-refractivity contribution >= 4 is 17.2 Å². The molecule has 1 nitrogen and oxygen atoms in total. The molecule has 0 heterocycles. The zero-order chi connectivity index (χ0) is 17.8. The van der Waals surface area contributed by atoms with Gasteiger partial charge in [0.2, 0.25) is 0 Å². The summed E-state index contributed by atoms with van der Waals surface area (Å²) >= 11 is 6.21. The van der Waals surface area contributed by atoms with Crippen molar-refractivity contribution in [3.8, 4) is 16.9 Å². The fourth-order valence-electron chi connectivity index (χ4n) is 3.22. The molecular weight excluding hydrogens is 335 g/mol. The highest BCUT2D eigenvalue weighted by atomic mass is 35.5. The second-order valence-electron chi connectivity index (χ2n) is 6.25. The molecule has 0 bridgehead atoms. The summed E-state index contributed by atoms with van der Waals surface area (Å²) in [7, 11) is 0. The van der Waals surface area contributed by atoms with Crippen LogP contribution in [0.25, 0.3) is 16.7 Å². The van der Waals surface area contributed by atoms with E-state index < -0.39 is 5.82 Å². The molecular formula is C22H22ClFO. The van der Waals surface area contributed by atoms with Gasteiger partial charge in [-0.25, -0.2) is 4.39 Å². The monoisotopic (exact) mass is 356 g/mol. The molecule has 3 rings (SSSR count). The minimum absolute atomic E-state index is 0.101. The van der Waals surface area contributed by atoms with Crippen molar-refractivity contribution < 1.29 is 9.13 Å². The van der Waals surface area contributed by atoms with Gasteiger partial charge in [-0.1, -0.05) is 48.0 Å². The molecule has 0 saturated heterocycles. The van der Waals surface area contributed by atoms with E-state index in [4.69, 9.17) is 16.3 Å². The number of ether oxygens (including phenoxy) is 1. The van der Waals surface area contributed by atoms with Gasteiger partial charge in [-0.15, -0.1) is 6.58 Å². The Morgan fingerprint density at radius 2 is 1.92 bits per heavy atom. The molecule has 130 valence electrons. The van der Waals surface area contributed by atoms with E-state index in [0.29, 0.717) is 18.1 Å². The summed E-state index contributed by atoms with van der Waals surface area (Å²) in [4.78, 5) is 0. The van der Waals surface area contributed by atoms with Crippen LogP contribution in [0.1, 0.15) is 31.7 Å². The molecule has 0 N–H and O–H groups in total. The first kappa shape index (κ1) is 17.8. The van der Waals surface area contributed by atoms with Crippen LogP contribution in [-0.4, -0.2) is 6.61 Å². The van der Waals surface area contributed by atoms with E-state index in [9.17, 15) is 4.39 Å². The minimum atomic E-state index is -0.504. The molecule has 2 aromatic carbocycles. The lowest BCUT2D eigenvalue weighted by Gasteiger charge is -2.19. The molecule has 0 spiro atoms. The van der Waals surface area contributed by atoms with Crippen LogP contribution in [-0.2, 0) is 0 Å². The second kappa shape index (κ2) is 7.88. The summed E-state index contributed by atoms with van der Waals surface area (Å²) in [5.74, 6) is 0.279. The maximum Gasteiger partial charge on any atom is 0.184 e. The number of hydrogen-bond acceptors (Lipinski definition) is 1. The van der Waals surface area contributed by atoms with Crippen LogP contribution in [0.3, 0.4) is 0 Å². The molecule has 1 atom stereocenters. The SMILES string of the molecule is C=CC1CC=C(c2ccc(-c3ccc(OCC)c(F)c3Cl)cc2)CC1. The van der Waals surface area contributed by atoms with Crippen molar-refractivity contribution in [2.45, 2.75) is 26.2 Å². The van der Waals surface area contributed by atoms with Gasteiger partial charge in [-0.3, -0.25) is 0 Å². The molecule has 0 fully saturated rings. The van der Waals surface area contributed by atoms with Gasteiger partial charge in [-0.2, -0.15) is 0 Å². The molecule has 25 heavy (non-hydrogen) atoms. The fourth-order valence-corrected chi connectivity index (χ4v) is 3.48. The van der Waals surface area contributed by atoms with Crippen molar-refractivity contribution in [3.63, 3.8) is 0 Å². The molecule has 3 heteroatoms. The lowest BCUT2D eigenvalue weighted by Crippen LogP contribution is -2.02. The highest BCUT2D eigenvalue weighted by molar-refractivity contribution is 6.33. The van der Waals surface area contributed by atoms with Gasteiger partial charge in [0.15, 0.2) is 11.6 Å². The average Bonchev–Trinajstić information content (AvgIpc) is 2.66. The third-order valence-corrected chi connectivity index (χ3v) is 5.07. The first-order valence-corrected chi connectivity index (χ1v) is 9.05. The Kier molecular flexibility index (Phi) is 5.60. The summed E-state index contributed by atoms with van der Waals surface area (Å²) < 4.78 is 19.6. The predicted molar refractivity (Wildman–Crippen MR) is 104 cm³/mol. The normalized spacial score (nSPS) is 17.1. The van der Waals surface area contributed by atoms with Gasteiger partial charge in [0, 0.05) is 5.56 Å². The summed E-state index contributed by atoms with van der Waals surface area (Å²) in [5, 5.41) is 0.101. The first-order valence-electron chi connectivity index (χ1n) is 8.67. The van der Waals surface area contributed by atoms with Crippen LogP contribution in [0, 0.1) is 11.7 Å². The first-order chi connectivity index (χ1) is 12.1. The van der Waals surface area contributed by atoms with Gasteiger partial charge >= 0.3 is 0 Å². The predicted octanol–water partition coefficient (Wildman–Crippen LogP) is 6.91. The van der Waals surface area contributed by atoms with Gasteiger partial charge in [0.25, 0.3) is 0 Å². The average molecular weight is 357 g/mol. The summed E-state index contributed by atoms with van der Waals surface area (Å²) in [6.45, 7) is 6.10. The topological polar surface area (TPSA) is 9.23 Å². The van der Waals surface area contributed by atoms with Crippen molar-refractivity contribution in [2.24, 2.45) is 5.92 Å². The van der Waals surface area contributed by atoms with Crippen molar-refractivity contribution in [3.05, 3.63) is 71.5 Å². The third-order valence-electron chi connectivity index (χ3n) is 4.70. The summed E-state index contributed by atoms with van der Waals surface area (Å²) in [6.07, 6.45) is 7.60. The molecule has 0 saturated carbocycles. The highest BCUT2D eigenvalue weighted by Crippen LogP contribution is 2.36. The number of hydrogen-bond donors (Lipinski definition) is 0. The van der Waals surface area contributed by atoms with Crippen LogP contribution in [0.5, 0.6) is 5.75 Å². The Hall–Kier alpha value is -2.06. The van der Waals surface area contributed by atoms with Crippen LogP contribution in [0.15, 0.2) is 55.1 Å². The Balaban J connectivity index is 1.85. The summed E-state index contributed by atoms with van der Waals surface area (Å²) in [5.41, 5.74) is 4.16. The molecule has 0 aromatic heterocycles. The van der Waals surface area contributed by atoms with Crippen LogP contribution in [0.2, 0.25) is 5.02 Å². The van der Waals surface area contributed by atoms with E-state index in [0.717, 1.165) is 24.8 Å². The van der Waals surface area contributed by atoms with Gasteiger partial charge < -0.3 is 4.74 Å². The number of allylic oxidation sites excluding steroid dienone is 3.